The molecule has 0 saturated heterocycles. The highest BCUT2D eigenvalue weighted by atomic mass is 35.5. The summed E-state index contributed by atoms with van der Waals surface area (Å²) in [4.78, 5) is 7.46. The number of aromatic nitrogens is 2. The molecule has 0 bridgehead atoms. The van der Waals surface area contributed by atoms with E-state index >= 15 is 0 Å². The lowest BCUT2D eigenvalue weighted by atomic mass is 10.1. The molecular weight excluding hydrogens is 314 g/mol. The van der Waals surface area contributed by atoms with Crippen molar-refractivity contribution < 1.29 is 9.84 Å². The van der Waals surface area contributed by atoms with Crippen LogP contribution in [0, 0.1) is 11.3 Å². The maximum atomic E-state index is 10.2. The SMILES string of the molecule is COc1cc(Cl)cc(C=C(C#N)c2nc3ccccc3[nH]2)c1O. The number of nitrogens with one attached hydrogen (secondary N) is 1. The molecule has 6 heteroatoms. The molecule has 1 aromatic heterocycles. The Morgan fingerprint density at radius 2 is 2.17 bits per heavy atom. The number of imidazole rings is 1. The smallest absolute Gasteiger partial charge is 0.165 e. The summed E-state index contributed by atoms with van der Waals surface area (Å²) >= 11 is 6.01. The highest BCUT2D eigenvalue weighted by Crippen LogP contribution is 2.35. The van der Waals surface area contributed by atoms with Gasteiger partial charge in [-0.25, -0.2) is 4.98 Å². The quantitative estimate of drug-likeness (QED) is 0.713. The van der Waals surface area contributed by atoms with E-state index in [-0.39, 0.29) is 17.1 Å². The lowest BCUT2D eigenvalue weighted by Crippen LogP contribution is -1.89. The molecule has 3 rings (SSSR count). The number of hydrogen-bond acceptors (Lipinski definition) is 4. The van der Waals surface area contributed by atoms with Gasteiger partial charge in [0.05, 0.1) is 23.7 Å². The van der Waals surface area contributed by atoms with Crippen LogP contribution in [0.1, 0.15) is 11.4 Å². The summed E-state index contributed by atoms with van der Waals surface area (Å²) in [6.45, 7) is 0. The Labute approximate surface area is 137 Å². The van der Waals surface area contributed by atoms with Crippen LogP contribution in [0.4, 0.5) is 0 Å². The molecule has 114 valence electrons. The number of phenolic OH excluding ortho intramolecular Hbond substituents is 1. The predicted molar refractivity (Wildman–Crippen MR) is 89.2 cm³/mol. The van der Waals surface area contributed by atoms with Crippen molar-refractivity contribution in [2.75, 3.05) is 7.11 Å². The van der Waals surface area contributed by atoms with E-state index < -0.39 is 0 Å². The molecule has 0 saturated carbocycles. The molecule has 0 aliphatic rings. The summed E-state index contributed by atoms with van der Waals surface area (Å²) in [6, 6.07) is 12.6. The van der Waals surface area contributed by atoms with Crippen LogP contribution in [-0.4, -0.2) is 22.2 Å². The Morgan fingerprint density at radius 3 is 2.87 bits per heavy atom. The summed E-state index contributed by atoms with van der Waals surface area (Å²) in [7, 11) is 1.43. The molecule has 0 spiro atoms. The first kappa shape index (κ1) is 14.9. The van der Waals surface area contributed by atoms with Crippen LogP contribution in [0.2, 0.25) is 5.02 Å². The Morgan fingerprint density at radius 1 is 1.39 bits per heavy atom. The number of aromatic amines is 1. The van der Waals surface area contributed by atoms with Crippen molar-refractivity contribution in [3.8, 4) is 17.6 Å². The van der Waals surface area contributed by atoms with Crippen LogP contribution in [0.15, 0.2) is 36.4 Å². The van der Waals surface area contributed by atoms with Gasteiger partial charge in [-0.3, -0.25) is 0 Å². The molecule has 1 heterocycles. The molecule has 0 radical (unpaired) electrons. The van der Waals surface area contributed by atoms with Crippen molar-refractivity contribution >= 4 is 34.3 Å². The van der Waals surface area contributed by atoms with Crippen LogP contribution in [0.5, 0.6) is 11.5 Å². The zero-order valence-corrected chi connectivity index (χ0v) is 12.9. The molecule has 2 N–H and O–H groups in total. The number of halogens is 1. The van der Waals surface area contributed by atoms with Gasteiger partial charge in [0.2, 0.25) is 0 Å². The van der Waals surface area contributed by atoms with E-state index in [9.17, 15) is 10.4 Å². The van der Waals surface area contributed by atoms with Gasteiger partial charge in [0, 0.05) is 16.7 Å². The summed E-state index contributed by atoms with van der Waals surface area (Å²) in [5.74, 6) is 0.582. The number of rotatable bonds is 3. The molecule has 0 unspecified atom stereocenters. The number of H-pyrrole nitrogens is 1. The molecular formula is C17H12ClN3O2. The fourth-order valence-corrected chi connectivity index (χ4v) is 2.47. The number of methoxy groups -OCH3 is 1. The van der Waals surface area contributed by atoms with Crippen molar-refractivity contribution in [3.63, 3.8) is 0 Å². The van der Waals surface area contributed by atoms with Gasteiger partial charge >= 0.3 is 0 Å². The summed E-state index contributed by atoms with van der Waals surface area (Å²) in [6.07, 6.45) is 1.52. The van der Waals surface area contributed by atoms with E-state index in [1.54, 1.807) is 6.07 Å². The zero-order chi connectivity index (χ0) is 16.4. The Kier molecular flexibility index (Phi) is 3.92. The summed E-state index contributed by atoms with van der Waals surface area (Å²) < 4.78 is 5.07. The topological polar surface area (TPSA) is 81.9 Å². The summed E-state index contributed by atoms with van der Waals surface area (Å²) in [5.41, 5.74) is 2.25. The minimum Gasteiger partial charge on any atom is -0.504 e. The fourth-order valence-electron chi connectivity index (χ4n) is 2.25. The van der Waals surface area contributed by atoms with Crippen molar-refractivity contribution in [1.82, 2.24) is 9.97 Å². The second-order valence-corrected chi connectivity index (χ2v) is 5.25. The molecule has 0 fully saturated rings. The second-order valence-electron chi connectivity index (χ2n) is 4.82. The number of hydrogen-bond donors (Lipinski definition) is 2. The van der Waals surface area contributed by atoms with Crippen LogP contribution >= 0.6 is 11.6 Å². The van der Waals surface area contributed by atoms with E-state index in [0.29, 0.717) is 16.4 Å². The van der Waals surface area contributed by atoms with E-state index in [1.165, 1.54) is 19.3 Å². The maximum absolute atomic E-state index is 10.2. The monoisotopic (exact) mass is 325 g/mol. The normalized spacial score (nSPS) is 11.4. The van der Waals surface area contributed by atoms with Gasteiger partial charge in [0.1, 0.15) is 11.9 Å². The van der Waals surface area contributed by atoms with Gasteiger partial charge < -0.3 is 14.8 Å². The molecule has 2 aromatic carbocycles. The number of nitriles is 1. The third-order valence-corrected chi connectivity index (χ3v) is 3.57. The number of allylic oxidation sites excluding steroid dienone is 1. The molecule has 3 aromatic rings. The van der Waals surface area contributed by atoms with E-state index in [0.717, 1.165) is 11.0 Å². The Hall–Kier alpha value is -2.97. The second kappa shape index (κ2) is 6.03. The van der Waals surface area contributed by atoms with Crippen molar-refractivity contribution in [1.29, 1.82) is 5.26 Å². The number of nitrogens with zero attached hydrogens (tertiary/aromatic N) is 2. The Balaban J connectivity index is 2.12. The third kappa shape index (κ3) is 2.85. The highest BCUT2D eigenvalue weighted by molar-refractivity contribution is 6.31. The van der Waals surface area contributed by atoms with Crippen molar-refractivity contribution in [3.05, 3.63) is 52.8 Å². The van der Waals surface area contributed by atoms with Crippen LogP contribution in [0.25, 0.3) is 22.7 Å². The average Bonchev–Trinajstić information content (AvgIpc) is 2.98. The number of ether oxygens (including phenoxy) is 1. The number of aromatic hydroxyl groups is 1. The van der Waals surface area contributed by atoms with E-state index in [1.807, 2.05) is 24.3 Å². The third-order valence-electron chi connectivity index (χ3n) is 3.35. The van der Waals surface area contributed by atoms with Crippen molar-refractivity contribution in [2.24, 2.45) is 0 Å². The standard InChI is InChI=1S/C17H12ClN3O2/c1-23-15-8-12(18)7-10(16(15)22)6-11(9-19)17-20-13-4-2-3-5-14(13)21-17/h2-8,22H,1H3,(H,20,21). The molecule has 0 amide bonds. The first-order valence-corrected chi connectivity index (χ1v) is 7.13. The molecule has 0 atom stereocenters. The zero-order valence-electron chi connectivity index (χ0n) is 12.2. The molecule has 5 nitrogen and oxygen atoms in total. The lowest BCUT2D eigenvalue weighted by molar-refractivity contribution is 0.373. The van der Waals surface area contributed by atoms with Gasteiger partial charge in [0.25, 0.3) is 0 Å². The van der Waals surface area contributed by atoms with E-state index in [4.69, 9.17) is 16.3 Å². The minimum absolute atomic E-state index is 0.0826. The minimum atomic E-state index is -0.0826. The van der Waals surface area contributed by atoms with Gasteiger partial charge in [-0.15, -0.1) is 0 Å². The van der Waals surface area contributed by atoms with Gasteiger partial charge in [-0.1, -0.05) is 23.7 Å². The number of phenols is 1. The maximum Gasteiger partial charge on any atom is 0.165 e. The number of fused-ring (bicyclic) bond motifs is 1. The van der Waals surface area contributed by atoms with Crippen LogP contribution in [-0.2, 0) is 0 Å². The van der Waals surface area contributed by atoms with Gasteiger partial charge in [-0.2, -0.15) is 5.26 Å². The van der Waals surface area contributed by atoms with Crippen LogP contribution in [0.3, 0.4) is 0 Å². The molecule has 23 heavy (non-hydrogen) atoms. The fraction of sp³-hybridized carbons (Fsp3) is 0.0588. The van der Waals surface area contributed by atoms with Gasteiger partial charge in [-0.05, 0) is 24.3 Å². The Bertz CT molecular complexity index is 921. The lowest BCUT2D eigenvalue weighted by Gasteiger charge is -2.07. The largest absolute Gasteiger partial charge is 0.504 e. The average molecular weight is 326 g/mol. The summed E-state index contributed by atoms with van der Waals surface area (Å²) in [5, 5.41) is 20.0. The molecule has 0 aliphatic carbocycles. The first-order chi connectivity index (χ1) is 11.1. The van der Waals surface area contributed by atoms with E-state index in [2.05, 4.69) is 16.0 Å². The number of benzene rings is 2. The molecule has 0 aliphatic heterocycles. The highest BCUT2D eigenvalue weighted by Gasteiger charge is 2.12. The van der Waals surface area contributed by atoms with Gasteiger partial charge in [0.15, 0.2) is 11.5 Å². The predicted octanol–water partition coefficient (Wildman–Crippen LogP) is 3.99. The van der Waals surface area contributed by atoms with Crippen LogP contribution < -0.4 is 4.74 Å². The number of para-hydroxylation sites is 2. The first-order valence-electron chi connectivity index (χ1n) is 6.76. The van der Waals surface area contributed by atoms with Crippen molar-refractivity contribution in [2.45, 2.75) is 0 Å².